The molecule has 1 radical (unpaired) electrons. The Morgan fingerprint density at radius 3 is 2.26 bits per heavy atom. The fraction of sp³-hybridized carbons (Fsp3) is 0.261. The molecule has 0 spiro atoms. The van der Waals surface area contributed by atoms with E-state index in [-0.39, 0.29) is 31.8 Å². The average molecular weight is 609 g/mol. The molecule has 5 nitrogen and oxygen atoms in total. The molecule has 2 unspecified atom stereocenters. The molecule has 0 aliphatic rings. The Kier molecular flexibility index (Phi) is 13.0. The fourth-order valence-electron chi connectivity index (χ4n) is 2.60. The molecule has 0 bridgehead atoms. The Balaban J connectivity index is 0.000000547. The van der Waals surface area contributed by atoms with Crippen molar-refractivity contribution in [3.63, 3.8) is 0 Å². The van der Waals surface area contributed by atoms with E-state index < -0.39 is 23.8 Å². The maximum atomic E-state index is 13.4. The third-order valence-corrected chi connectivity index (χ3v) is 4.09. The molecule has 3 rings (SSSR count). The summed E-state index contributed by atoms with van der Waals surface area (Å²) in [4.78, 5) is 4.01. The van der Waals surface area contributed by atoms with Crippen LogP contribution in [0.15, 0.2) is 54.7 Å². The normalized spacial score (nSPS) is 11.7. The quantitative estimate of drug-likeness (QED) is 0.382. The SMILES string of the molecule is COc1ccc(C(O)CC(C)O)cc1.Cc1ccnc(-c2[c-]cc(F)cc2F)c1.[Ir].[NH2-]. The number of aliphatic hydroxyl groups excluding tert-OH is 2. The summed E-state index contributed by atoms with van der Waals surface area (Å²) in [6, 6.07) is 15.2. The maximum Gasteiger partial charge on any atom is 0.118 e. The van der Waals surface area contributed by atoms with Crippen LogP contribution in [0.25, 0.3) is 17.4 Å². The Morgan fingerprint density at radius 2 is 1.74 bits per heavy atom. The number of methoxy groups -OCH3 is 1. The monoisotopic (exact) mass is 609 g/mol. The molecule has 0 saturated carbocycles. The summed E-state index contributed by atoms with van der Waals surface area (Å²) in [5, 5.41) is 18.8. The van der Waals surface area contributed by atoms with E-state index in [1.165, 1.54) is 0 Å². The van der Waals surface area contributed by atoms with E-state index in [4.69, 9.17) is 9.84 Å². The molecule has 1 aromatic heterocycles. The van der Waals surface area contributed by atoms with E-state index in [1.54, 1.807) is 50.6 Å². The van der Waals surface area contributed by atoms with Gasteiger partial charge in [-0.15, -0.1) is 12.1 Å². The smallest absolute Gasteiger partial charge is 0.118 e. The number of aliphatic hydroxyl groups is 2. The van der Waals surface area contributed by atoms with Crippen molar-refractivity contribution >= 4 is 0 Å². The molecule has 171 valence electrons. The molecule has 31 heavy (non-hydrogen) atoms. The maximum absolute atomic E-state index is 13.4. The second kappa shape index (κ2) is 14.0. The van der Waals surface area contributed by atoms with Crippen molar-refractivity contribution in [3.05, 3.63) is 89.7 Å². The van der Waals surface area contributed by atoms with Crippen molar-refractivity contribution in [1.29, 1.82) is 0 Å². The van der Waals surface area contributed by atoms with Gasteiger partial charge in [0.05, 0.1) is 19.3 Å². The van der Waals surface area contributed by atoms with Crippen LogP contribution < -0.4 is 4.74 Å². The van der Waals surface area contributed by atoms with Gasteiger partial charge in [-0.2, -0.15) is 0 Å². The average Bonchev–Trinajstić information content (AvgIpc) is 2.68. The van der Waals surface area contributed by atoms with Gasteiger partial charge < -0.3 is 26.1 Å². The minimum absolute atomic E-state index is 0. The number of rotatable bonds is 5. The number of benzene rings is 2. The molecule has 3 aromatic rings. The van der Waals surface area contributed by atoms with Crippen LogP contribution in [0.1, 0.15) is 30.6 Å². The van der Waals surface area contributed by atoms with Crippen molar-refractivity contribution in [3.8, 4) is 17.0 Å². The van der Waals surface area contributed by atoms with Crippen LogP contribution in [0.5, 0.6) is 5.75 Å². The molecular formula is C23H26F2IrN2O3-2. The van der Waals surface area contributed by atoms with Crippen molar-refractivity contribution in [2.45, 2.75) is 32.5 Å². The zero-order valence-corrected chi connectivity index (χ0v) is 19.9. The van der Waals surface area contributed by atoms with Crippen LogP contribution in [0.3, 0.4) is 0 Å². The molecule has 2 atom stereocenters. The molecule has 0 saturated heterocycles. The van der Waals surface area contributed by atoms with E-state index in [9.17, 15) is 13.9 Å². The Morgan fingerprint density at radius 1 is 1.10 bits per heavy atom. The van der Waals surface area contributed by atoms with E-state index in [0.717, 1.165) is 29.0 Å². The second-order valence-electron chi connectivity index (χ2n) is 6.63. The van der Waals surface area contributed by atoms with E-state index in [2.05, 4.69) is 11.1 Å². The summed E-state index contributed by atoms with van der Waals surface area (Å²) < 4.78 is 31.0. The zero-order valence-electron chi connectivity index (χ0n) is 17.5. The molecule has 0 fully saturated rings. The number of nitrogens with two attached hydrogens (primary N) is 1. The second-order valence-corrected chi connectivity index (χ2v) is 6.63. The number of aromatic nitrogens is 1. The van der Waals surface area contributed by atoms with E-state index in [1.807, 2.05) is 13.0 Å². The van der Waals surface area contributed by atoms with Gasteiger partial charge in [0, 0.05) is 44.4 Å². The van der Waals surface area contributed by atoms with Crippen LogP contribution >= 0.6 is 0 Å². The first-order valence-electron chi connectivity index (χ1n) is 9.10. The van der Waals surface area contributed by atoms with Gasteiger partial charge in [-0.1, -0.05) is 35.4 Å². The van der Waals surface area contributed by atoms with Crippen LogP contribution in [-0.2, 0) is 20.1 Å². The number of nitrogens with zero attached hydrogens (tertiary/aromatic N) is 1. The van der Waals surface area contributed by atoms with Crippen LogP contribution in [0, 0.1) is 24.6 Å². The van der Waals surface area contributed by atoms with Gasteiger partial charge >= 0.3 is 0 Å². The molecule has 1 heterocycles. The topological polar surface area (TPSA) is 96.1 Å². The van der Waals surface area contributed by atoms with E-state index >= 15 is 0 Å². The minimum atomic E-state index is -0.645. The van der Waals surface area contributed by atoms with Crippen LogP contribution in [0.4, 0.5) is 8.78 Å². The number of halogens is 2. The number of ether oxygens (including phenoxy) is 1. The predicted molar refractivity (Wildman–Crippen MR) is 113 cm³/mol. The Labute approximate surface area is 195 Å². The first kappa shape index (κ1) is 28.8. The summed E-state index contributed by atoms with van der Waals surface area (Å²) >= 11 is 0. The number of hydrogen-bond donors (Lipinski definition) is 2. The van der Waals surface area contributed by atoms with Crippen molar-refractivity contribution in [2.24, 2.45) is 0 Å². The summed E-state index contributed by atoms with van der Waals surface area (Å²) in [5.41, 5.74) is 2.43. The summed E-state index contributed by atoms with van der Waals surface area (Å²) in [6.45, 7) is 3.54. The van der Waals surface area contributed by atoms with Gasteiger partial charge in [0.1, 0.15) is 5.75 Å². The molecule has 8 heteroatoms. The third kappa shape index (κ3) is 9.21. The van der Waals surface area contributed by atoms with Gasteiger partial charge in [-0.3, -0.25) is 8.78 Å². The van der Waals surface area contributed by atoms with Crippen LogP contribution in [-0.4, -0.2) is 28.4 Å². The number of aryl methyl sites for hydroxylation is 1. The summed E-state index contributed by atoms with van der Waals surface area (Å²) in [6.07, 6.45) is 0.834. The third-order valence-electron chi connectivity index (χ3n) is 4.09. The predicted octanol–water partition coefficient (Wildman–Crippen LogP) is 5.35. The standard InChI is InChI=1S/C12H8F2N.C11H16O3.Ir.H2N/c1-8-4-5-15-12(6-8)10-3-2-9(13)7-11(10)14;1-8(12)7-11(13)9-3-5-10(14-2)6-4-9;;/h2,4-7H,1H3;3-6,8,11-13H,7H2,1-2H3;;1H2/q-1;;;-1. The first-order chi connectivity index (χ1) is 13.8. The Bertz CT molecular complexity index is 925. The summed E-state index contributed by atoms with van der Waals surface area (Å²) in [5.74, 6) is -0.519. The number of pyridine rings is 1. The summed E-state index contributed by atoms with van der Waals surface area (Å²) in [7, 11) is 1.60. The van der Waals surface area contributed by atoms with Crippen molar-refractivity contribution in [2.75, 3.05) is 7.11 Å². The van der Waals surface area contributed by atoms with E-state index in [0.29, 0.717) is 12.1 Å². The molecule has 0 amide bonds. The number of hydrogen-bond acceptors (Lipinski definition) is 4. The van der Waals surface area contributed by atoms with Gasteiger partial charge in [-0.25, -0.2) is 0 Å². The molecule has 2 aromatic carbocycles. The molecule has 0 aliphatic heterocycles. The zero-order chi connectivity index (χ0) is 21.4. The largest absolute Gasteiger partial charge is 0.693 e. The Hall–Kier alpha value is -2.22. The van der Waals surface area contributed by atoms with Crippen molar-refractivity contribution < 1.29 is 43.8 Å². The van der Waals surface area contributed by atoms with Gasteiger partial charge in [-0.05, 0) is 43.3 Å². The van der Waals surface area contributed by atoms with Crippen LogP contribution in [0.2, 0.25) is 0 Å². The van der Waals surface area contributed by atoms with Gasteiger partial charge in [0.15, 0.2) is 0 Å². The molecule has 0 aliphatic carbocycles. The first-order valence-corrected chi connectivity index (χ1v) is 9.10. The van der Waals surface area contributed by atoms with Gasteiger partial charge in [0.2, 0.25) is 0 Å². The minimum Gasteiger partial charge on any atom is -0.693 e. The fourth-order valence-corrected chi connectivity index (χ4v) is 2.60. The molecular weight excluding hydrogens is 582 g/mol. The molecule has 4 N–H and O–H groups in total. The van der Waals surface area contributed by atoms with Crippen molar-refractivity contribution in [1.82, 2.24) is 4.98 Å². The van der Waals surface area contributed by atoms with Gasteiger partial charge in [0.25, 0.3) is 0 Å².